The highest BCUT2D eigenvalue weighted by atomic mass is 16.5. The summed E-state index contributed by atoms with van der Waals surface area (Å²) in [6.45, 7) is 0. The number of ether oxygens (including phenoxy) is 1. The number of benzene rings is 2. The molecule has 1 N–H and O–H groups in total. The molecule has 2 aromatic rings. The van der Waals surface area contributed by atoms with Crippen LogP contribution < -0.4 is 5.32 Å². The Morgan fingerprint density at radius 2 is 1.94 bits per heavy atom. The summed E-state index contributed by atoms with van der Waals surface area (Å²) < 4.78 is 4.73. The molecule has 0 fully saturated rings. The number of nitrogens with one attached hydrogen (secondary N) is 1. The highest BCUT2D eigenvalue weighted by Crippen LogP contribution is 2.21. The first-order valence-electron chi connectivity index (χ1n) is 5.50. The first-order valence-corrected chi connectivity index (χ1v) is 5.50. The van der Waals surface area contributed by atoms with Crippen LogP contribution in [0, 0.1) is 0 Å². The number of methoxy groups -OCH3 is 1. The van der Waals surface area contributed by atoms with E-state index in [0.717, 1.165) is 5.39 Å². The van der Waals surface area contributed by atoms with Crippen molar-refractivity contribution in [2.45, 2.75) is 0 Å². The minimum absolute atomic E-state index is 0.184. The molecule has 1 amide bonds. The van der Waals surface area contributed by atoms with Gasteiger partial charge in [-0.25, -0.2) is 4.79 Å². The maximum Gasteiger partial charge on any atom is 0.338 e. The zero-order valence-corrected chi connectivity index (χ0v) is 10.2. The quantitative estimate of drug-likeness (QED) is 0.820. The molecule has 0 saturated heterocycles. The molecule has 0 spiro atoms. The summed E-state index contributed by atoms with van der Waals surface area (Å²) in [6.07, 6.45) is 0. The van der Waals surface area contributed by atoms with E-state index in [2.05, 4.69) is 5.32 Å². The number of amides is 1. The topological polar surface area (TPSA) is 55.4 Å². The molecule has 18 heavy (non-hydrogen) atoms. The van der Waals surface area contributed by atoms with E-state index in [1.54, 1.807) is 31.3 Å². The summed E-state index contributed by atoms with van der Waals surface area (Å²) >= 11 is 0. The minimum Gasteiger partial charge on any atom is -0.465 e. The molecular weight excluding hydrogens is 230 g/mol. The number of carbonyl (C=O) groups is 2. The van der Waals surface area contributed by atoms with Crippen molar-refractivity contribution in [3.8, 4) is 0 Å². The van der Waals surface area contributed by atoms with Gasteiger partial charge in [-0.05, 0) is 29.0 Å². The smallest absolute Gasteiger partial charge is 0.338 e. The summed E-state index contributed by atoms with van der Waals surface area (Å²) in [4.78, 5) is 23.2. The van der Waals surface area contributed by atoms with Crippen LogP contribution in [0.25, 0.3) is 10.8 Å². The van der Waals surface area contributed by atoms with Crippen molar-refractivity contribution in [1.82, 2.24) is 5.32 Å². The highest BCUT2D eigenvalue weighted by molar-refractivity contribution is 6.07. The van der Waals surface area contributed by atoms with Crippen LogP contribution in [0.1, 0.15) is 20.7 Å². The Labute approximate surface area is 105 Å². The van der Waals surface area contributed by atoms with Gasteiger partial charge < -0.3 is 10.1 Å². The molecule has 92 valence electrons. The van der Waals surface area contributed by atoms with Gasteiger partial charge in [0.05, 0.1) is 12.7 Å². The van der Waals surface area contributed by atoms with E-state index in [9.17, 15) is 9.59 Å². The fraction of sp³-hybridized carbons (Fsp3) is 0.143. The van der Waals surface area contributed by atoms with Gasteiger partial charge in [-0.2, -0.15) is 0 Å². The predicted molar refractivity (Wildman–Crippen MR) is 68.7 cm³/mol. The number of fused-ring (bicyclic) bond motifs is 1. The zero-order chi connectivity index (χ0) is 13.1. The molecule has 0 atom stereocenters. The van der Waals surface area contributed by atoms with Gasteiger partial charge in [-0.3, -0.25) is 4.79 Å². The van der Waals surface area contributed by atoms with Crippen LogP contribution in [0.5, 0.6) is 0 Å². The third-order valence-corrected chi connectivity index (χ3v) is 2.78. The second kappa shape index (κ2) is 4.87. The highest BCUT2D eigenvalue weighted by Gasteiger charge is 2.11. The molecule has 0 unspecified atom stereocenters. The fourth-order valence-electron chi connectivity index (χ4n) is 1.85. The van der Waals surface area contributed by atoms with Crippen molar-refractivity contribution in [2.75, 3.05) is 14.2 Å². The average Bonchev–Trinajstić information content (AvgIpc) is 2.44. The molecule has 0 aliphatic carbocycles. The normalized spacial score (nSPS) is 10.1. The number of rotatable bonds is 2. The fourth-order valence-corrected chi connectivity index (χ4v) is 1.85. The molecule has 0 aromatic heterocycles. The summed E-state index contributed by atoms with van der Waals surface area (Å²) in [7, 11) is 2.91. The third kappa shape index (κ3) is 2.05. The van der Waals surface area contributed by atoms with Crippen molar-refractivity contribution in [2.24, 2.45) is 0 Å². The molecule has 0 saturated carbocycles. The van der Waals surface area contributed by atoms with E-state index < -0.39 is 5.97 Å². The molecule has 0 aliphatic rings. The summed E-state index contributed by atoms with van der Waals surface area (Å²) in [5.74, 6) is -0.591. The number of hydrogen-bond donors (Lipinski definition) is 1. The van der Waals surface area contributed by atoms with Gasteiger partial charge in [-0.15, -0.1) is 0 Å². The molecule has 0 radical (unpaired) electrons. The molecule has 0 aliphatic heterocycles. The number of carbonyl (C=O) groups excluding carboxylic acids is 2. The number of hydrogen-bond acceptors (Lipinski definition) is 3. The van der Waals surface area contributed by atoms with Crippen LogP contribution in [0.2, 0.25) is 0 Å². The Kier molecular flexibility index (Phi) is 3.28. The molecule has 0 bridgehead atoms. The van der Waals surface area contributed by atoms with E-state index in [4.69, 9.17) is 4.74 Å². The lowest BCUT2D eigenvalue weighted by molar-refractivity contribution is 0.0602. The van der Waals surface area contributed by atoms with Crippen LogP contribution in [0.4, 0.5) is 0 Å². The van der Waals surface area contributed by atoms with Crippen LogP contribution in [-0.2, 0) is 4.74 Å². The maximum absolute atomic E-state index is 11.7. The summed E-state index contributed by atoms with van der Waals surface area (Å²) in [5.41, 5.74) is 0.974. The molecule has 4 heteroatoms. The molecular formula is C14H13NO3. The van der Waals surface area contributed by atoms with Crippen molar-refractivity contribution in [3.05, 3.63) is 47.5 Å². The van der Waals surface area contributed by atoms with Gasteiger partial charge in [0.25, 0.3) is 5.91 Å². The van der Waals surface area contributed by atoms with Gasteiger partial charge in [0, 0.05) is 12.6 Å². The van der Waals surface area contributed by atoms with Gasteiger partial charge in [0.2, 0.25) is 0 Å². The van der Waals surface area contributed by atoms with Crippen LogP contribution in [0.15, 0.2) is 36.4 Å². The van der Waals surface area contributed by atoms with Gasteiger partial charge >= 0.3 is 5.97 Å². The van der Waals surface area contributed by atoms with Gasteiger partial charge in [-0.1, -0.05) is 18.2 Å². The maximum atomic E-state index is 11.7. The SMILES string of the molecule is CNC(=O)c1ccc2cccc(C(=O)OC)c2c1. The average molecular weight is 243 g/mol. The first kappa shape index (κ1) is 12.1. The van der Waals surface area contributed by atoms with E-state index in [-0.39, 0.29) is 5.91 Å². The Bertz CT molecular complexity index is 619. The summed E-state index contributed by atoms with van der Waals surface area (Å²) in [6, 6.07) is 10.6. The molecule has 4 nitrogen and oxygen atoms in total. The Balaban J connectivity index is 2.65. The molecule has 2 rings (SSSR count). The number of esters is 1. The molecule has 0 heterocycles. The van der Waals surface area contributed by atoms with Gasteiger partial charge in [0.1, 0.15) is 0 Å². The van der Waals surface area contributed by atoms with Crippen molar-refractivity contribution >= 4 is 22.6 Å². The van der Waals surface area contributed by atoms with Crippen molar-refractivity contribution in [1.29, 1.82) is 0 Å². The van der Waals surface area contributed by atoms with Crippen LogP contribution >= 0.6 is 0 Å². The van der Waals surface area contributed by atoms with Crippen LogP contribution in [0.3, 0.4) is 0 Å². The first-order chi connectivity index (χ1) is 8.67. The Hall–Kier alpha value is -2.36. The molecule has 2 aromatic carbocycles. The monoisotopic (exact) mass is 243 g/mol. The Morgan fingerprint density at radius 3 is 2.61 bits per heavy atom. The predicted octanol–water partition coefficient (Wildman–Crippen LogP) is 1.99. The zero-order valence-electron chi connectivity index (χ0n) is 10.2. The minimum atomic E-state index is -0.408. The lowest BCUT2D eigenvalue weighted by Crippen LogP contribution is -2.17. The van der Waals surface area contributed by atoms with E-state index >= 15 is 0 Å². The second-order valence-electron chi connectivity index (χ2n) is 3.81. The van der Waals surface area contributed by atoms with Crippen molar-refractivity contribution < 1.29 is 14.3 Å². The van der Waals surface area contributed by atoms with E-state index in [0.29, 0.717) is 16.5 Å². The van der Waals surface area contributed by atoms with E-state index in [1.807, 2.05) is 12.1 Å². The third-order valence-electron chi connectivity index (χ3n) is 2.78. The van der Waals surface area contributed by atoms with Gasteiger partial charge in [0.15, 0.2) is 0 Å². The lowest BCUT2D eigenvalue weighted by atomic mass is 10.0. The second-order valence-corrected chi connectivity index (χ2v) is 3.81. The Morgan fingerprint density at radius 1 is 1.17 bits per heavy atom. The standard InChI is InChI=1S/C14H13NO3/c1-15-13(16)10-7-6-9-4-3-5-11(12(9)8-10)14(17)18-2/h3-8H,1-2H3,(H,15,16). The summed E-state index contributed by atoms with van der Waals surface area (Å²) in [5, 5.41) is 4.16. The lowest BCUT2D eigenvalue weighted by Gasteiger charge is -2.06. The van der Waals surface area contributed by atoms with Crippen LogP contribution in [-0.4, -0.2) is 26.0 Å². The van der Waals surface area contributed by atoms with Crippen molar-refractivity contribution in [3.63, 3.8) is 0 Å². The largest absolute Gasteiger partial charge is 0.465 e. The van der Waals surface area contributed by atoms with E-state index in [1.165, 1.54) is 7.11 Å².